The van der Waals surface area contributed by atoms with Crippen molar-refractivity contribution in [2.45, 2.75) is 25.3 Å². The fourth-order valence-electron chi connectivity index (χ4n) is 1.53. The average molecular weight is 233 g/mol. The Morgan fingerprint density at radius 1 is 1.59 bits per heavy atom. The minimum atomic E-state index is -0.267. The average Bonchev–Trinajstić information content (AvgIpc) is 2.88. The van der Waals surface area contributed by atoms with Gasteiger partial charge >= 0.3 is 0 Å². The summed E-state index contributed by atoms with van der Waals surface area (Å²) < 4.78 is 5.10. The van der Waals surface area contributed by atoms with E-state index in [4.69, 9.17) is 4.52 Å². The Hall–Kier alpha value is -2.18. The molecule has 0 saturated heterocycles. The van der Waals surface area contributed by atoms with E-state index in [1.165, 1.54) is 6.33 Å². The molecule has 2 aromatic heterocycles. The van der Waals surface area contributed by atoms with E-state index in [9.17, 15) is 4.79 Å². The Balaban J connectivity index is 1.60. The maximum absolute atomic E-state index is 11.7. The van der Waals surface area contributed by atoms with Gasteiger partial charge in [0.05, 0.1) is 6.54 Å². The number of aromatic amines is 1. The molecule has 0 spiro atoms. The van der Waals surface area contributed by atoms with Gasteiger partial charge in [-0.1, -0.05) is 5.16 Å². The quantitative estimate of drug-likeness (QED) is 0.806. The van der Waals surface area contributed by atoms with Gasteiger partial charge in [0.2, 0.25) is 0 Å². The fraction of sp³-hybridized carbons (Fsp3) is 0.400. The summed E-state index contributed by atoms with van der Waals surface area (Å²) in [5.41, 5.74) is 0.311. The summed E-state index contributed by atoms with van der Waals surface area (Å²) >= 11 is 0. The van der Waals surface area contributed by atoms with E-state index in [-0.39, 0.29) is 5.91 Å². The smallest absolute Gasteiger partial charge is 0.273 e. The van der Waals surface area contributed by atoms with Gasteiger partial charge in [-0.15, -0.1) is 0 Å². The second-order valence-electron chi connectivity index (χ2n) is 4.00. The van der Waals surface area contributed by atoms with Crippen LogP contribution in [0.15, 0.2) is 16.9 Å². The van der Waals surface area contributed by atoms with Crippen molar-refractivity contribution < 1.29 is 9.32 Å². The van der Waals surface area contributed by atoms with Crippen LogP contribution < -0.4 is 5.32 Å². The molecule has 1 fully saturated rings. The largest absolute Gasteiger partial charge is 0.360 e. The molecule has 1 aliphatic carbocycles. The van der Waals surface area contributed by atoms with E-state index in [1.807, 2.05) is 0 Å². The highest BCUT2D eigenvalue weighted by atomic mass is 16.5. The fourth-order valence-corrected chi connectivity index (χ4v) is 1.53. The van der Waals surface area contributed by atoms with Gasteiger partial charge in [-0.05, 0) is 12.8 Å². The molecule has 0 atom stereocenters. The Kier molecular flexibility index (Phi) is 2.36. The molecule has 0 aliphatic heterocycles. The molecule has 1 aliphatic rings. The number of aromatic nitrogens is 4. The van der Waals surface area contributed by atoms with Crippen LogP contribution in [0.5, 0.6) is 0 Å². The van der Waals surface area contributed by atoms with Crippen LogP contribution in [0.2, 0.25) is 0 Å². The molecule has 3 rings (SSSR count). The number of nitrogens with one attached hydrogen (secondary N) is 2. The van der Waals surface area contributed by atoms with Gasteiger partial charge in [-0.3, -0.25) is 9.89 Å². The number of hydrogen-bond donors (Lipinski definition) is 2. The van der Waals surface area contributed by atoms with Gasteiger partial charge in [0.15, 0.2) is 5.69 Å². The molecular formula is C10H11N5O2. The SMILES string of the molecule is O=C(NCc1ncn[nH]1)c1cc(C2CC2)on1. The zero-order valence-corrected chi connectivity index (χ0v) is 9.01. The molecule has 0 aromatic carbocycles. The molecule has 2 N–H and O–H groups in total. The van der Waals surface area contributed by atoms with Crippen LogP contribution >= 0.6 is 0 Å². The van der Waals surface area contributed by atoms with Crippen LogP contribution in [0.25, 0.3) is 0 Å². The first-order valence-corrected chi connectivity index (χ1v) is 5.42. The number of hydrogen-bond acceptors (Lipinski definition) is 5. The van der Waals surface area contributed by atoms with Gasteiger partial charge in [-0.25, -0.2) is 4.98 Å². The molecule has 1 saturated carbocycles. The first kappa shape index (κ1) is 10.0. The predicted octanol–water partition coefficient (Wildman–Crippen LogP) is 0.600. The van der Waals surface area contributed by atoms with Crippen molar-refractivity contribution >= 4 is 5.91 Å². The normalized spacial score (nSPS) is 14.8. The zero-order valence-electron chi connectivity index (χ0n) is 9.01. The van der Waals surface area contributed by atoms with Crippen molar-refractivity contribution in [2.24, 2.45) is 0 Å². The van der Waals surface area contributed by atoms with E-state index < -0.39 is 0 Å². The lowest BCUT2D eigenvalue weighted by Crippen LogP contribution is -2.23. The van der Waals surface area contributed by atoms with Crippen LogP contribution in [0, 0.1) is 0 Å². The van der Waals surface area contributed by atoms with E-state index in [2.05, 4.69) is 25.7 Å². The number of amides is 1. The van der Waals surface area contributed by atoms with Gasteiger partial charge in [0.25, 0.3) is 5.91 Å². The molecule has 0 unspecified atom stereocenters. The molecule has 7 heteroatoms. The summed E-state index contributed by atoms with van der Waals surface area (Å²) in [5, 5.41) is 12.8. The highest BCUT2D eigenvalue weighted by molar-refractivity contribution is 5.92. The first-order valence-electron chi connectivity index (χ1n) is 5.42. The maximum atomic E-state index is 11.7. The number of carbonyl (C=O) groups is 1. The van der Waals surface area contributed by atoms with E-state index >= 15 is 0 Å². The number of rotatable bonds is 4. The van der Waals surface area contributed by atoms with Crippen LogP contribution in [0.3, 0.4) is 0 Å². The topological polar surface area (TPSA) is 96.7 Å². The summed E-state index contributed by atoms with van der Waals surface area (Å²) in [6.45, 7) is 0.296. The minimum Gasteiger partial charge on any atom is -0.360 e. The molecule has 1 amide bonds. The monoisotopic (exact) mass is 233 g/mol. The van der Waals surface area contributed by atoms with E-state index in [0.29, 0.717) is 24.0 Å². The third-order valence-electron chi connectivity index (χ3n) is 2.62. The van der Waals surface area contributed by atoms with Crippen molar-refractivity contribution in [1.29, 1.82) is 0 Å². The number of H-pyrrole nitrogens is 1. The third kappa shape index (κ3) is 2.17. The molecule has 7 nitrogen and oxygen atoms in total. The Labute approximate surface area is 96.6 Å². The Bertz CT molecular complexity index is 515. The third-order valence-corrected chi connectivity index (χ3v) is 2.62. The van der Waals surface area contributed by atoms with Crippen molar-refractivity contribution in [2.75, 3.05) is 0 Å². The standard InChI is InChI=1S/C10H11N5O2/c16-10(11-4-9-12-5-13-14-9)7-3-8(17-15-7)6-1-2-6/h3,5-6H,1-2,4H2,(H,11,16)(H,12,13,14). The molecule has 0 radical (unpaired) electrons. The lowest BCUT2D eigenvalue weighted by atomic mass is 10.3. The molecule has 2 heterocycles. The summed E-state index contributed by atoms with van der Waals surface area (Å²) in [7, 11) is 0. The zero-order chi connectivity index (χ0) is 11.7. The highest BCUT2D eigenvalue weighted by Crippen LogP contribution is 2.40. The van der Waals surface area contributed by atoms with Crippen molar-refractivity contribution in [3.8, 4) is 0 Å². The Morgan fingerprint density at radius 3 is 3.18 bits per heavy atom. The van der Waals surface area contributed by atoms with E-state index in [1.54, 1.807) is 6.07 Å². The number of carbonyl (C=O) groups excluding carboxylic acids is 1. The molecular weight excluding hydrogens is 222 g/mol. The summed E-state index contributed by atoms with van der Waals surface area (Å²) in [6, 6.07) is 1.70. The highest BCUT2D eigenvalue weighted by Gasteiger charge is 2.28. The van der Waals surface area contributed by atoms with Crippen LogP contribution in [-0.4, -0.2) is 26.2 Å². The second kappa shape index (κ2) is 4.00. The second-order valence-corrected chi connectivity index (χ2v) is 4.00. The summed E-state index contributed by atoms with van der Waals surface area (Å²) in [6.07, 6.45) is 3.63. The lowest BCUT2D eigenvalue weighted by molar-refractivity contribution is 0.0940. The first-order chi connectivity index (χ1) is 8.33. The molecule has 88 valence electrons. The van der Waals surface area contributed by atoms with Gasteiger partial charge in [-0.2, -0.15) is 5.10 Å². The lowest BCUT2D eigenvalue weighted by Gasteiger charge is -1.98. The van der Waals surface area contributed by atoms with Crippen LogP contribution in [0.4, 0.5) is 0 Å². The van der Waals surface area contributed by atoms with Crippen molar-refractivity contribution in [1.82, 2.24) is 25.7 Å². The summed E-state index contributed by atoms with van der Waals surface area (Å²) in [4.78, 5) is 15.6. The van der Waals surface area contributed by atoms with Gasteiger partial charge in [0, 0.05) is 12.0 Å². The predicted molar refractivity (Wildman–Crippen MR) is 56.0 cm³/mol. The number of nitrogens with zero attached hydrogens (tertiary/aromatic N) is 3. The molecule has 17 heavy (non-hydrogen) atoms. The maximum Gasteiger partial charge on any atom is 0.273 e. The molecule has 2 aromatic rings. The van der Waals surface area contributed by atoms with Gasteiger partial charge < -0.3 is 9.84 Å². The minimum absolute atomic E-state index is 0.267. The van der Waals surface area contributed by atoms with Crippen molar-refractivity contribution in [3.63, 3.8) is 0 Å². The van der Waals surface area contributed by atoms with E-state index in [0.717, 1.165) is 18.6 Å². The summed E-state index contributed by atoms with van der Waals surface area (Å²) in [5.74, 6) is 1.59. The van der Waals surface area contributed by atoms with Gasteiger partial charge in [0.1, 0.15) is 17.9 Å². The Morgan fingerprint density at radius 2 is 2.47 bits per heavy atom. The molecule has 0 bridgehead atoms. The van der Waals surface area contributed by atoms with Crippen LogP contribution in [-0.2, 0) is 6.54 Å². The van der Waals surface area contributed by atoms with Crippen molar-refractivity contribution in [3.05, 3.63) is 29.7 Å². The van der Waals surface area contributed by atoms with Crippen LogP contribution in [0.1, 0.15) is 40.8 Å².